The summed E-state index contributed by atoms with van der Waals surface area (Å²) in [6.45, 7) is 7.85. The zero-order valence-corrected chi connectivity index (χ0v) is 23.5. The van der Waals surface area contributed by atoms with Crippen LogP contribution in [-0.2, 0) is 19.1 Å². The van der Waals surface area contributed by atoms with E-state index in [1.54, 1.807) is 24.3 Å². The number of rotatable bonds is 13. The first-order chi connectivity index (χ1) is 18.7. The molecule has 0 unspecified atom stereocenters. The third-order valence-electron chi connectivity index (χ3n) is 5.70. The Morgan fingerprint density at radius 2 is 1.82 bits per heavy atom. The van der Waals surface area contributed by atoms with Gasteiger partial charge in [0.2, 0.25) is 0 Å². The van der Waals surface area contributed by atoms with Crippen LogP contribution in [0.25, 0.3) is 6.08 Å². The van der Waals surface area contributed by atoms with Crippen molar-refractivity contribution in [2.45, 2.75) is 46.5 Å². The van der Waals surface area contributed by atoms with E-state index in [1.165, 1.54) is 0 Å². The number of thioether (sulfide) groups is 1. The molecule has 1 fully saturated rings. The molecule has 1 aliphatic rings. The highest BCUT2D eigenvalue weighted by atomic mass is 32.2. The Kier molecular flexibility index (Phi) is 11.0. The topological polar surface area (TPSA) is 111 Å². The first-order valence-corrected chi connectivity index (χ1v) is 13.7. The molecule has 1 N–H and O–H groups in total. The van der Waals surface area contributed by atoms with Crippen molar-refractivity contribution in [3.8, 4) is 11.5 Å². The van der Waals surface area contributed by atoms with Gasteiger partial charge < -0.3 is 19.5 Å². The van der Waals surface area contributed by atoms with Crippen molar-refractivity contribution in [3.63, 3.8) is 0 Å². The average molecular weight is 555 g/mol. The third kappa shape index (κ3) is 8.35. The number of para-hydroxylation sites is 1. The lowest BCUT2D eigenvalue weighted by atomic mass is 10.0. The Bertz CT molecular complexity index is 1240. The standard InChI is InChI=1S/C29H34N2O7S/c1-5-7-14-37-27(33)17-31-28(34)25(39-29(31)35)16-20-12-13-23(24(15-20)36-6-2)38-18-26(32)30-22-11-9-8-10-21(22)19(3)4/h8-13,15-16,19H,5-7,14,17-18H2,1-4H3,(H,30,32)/b25-16+. The van der Waals surface area contributed by atoms with Crippen LogP contribution in [0, 0.1) is 0 Å². The molecule has 10 heteroatoms. The average Bonchev–Trinajstić information content (AvgIpc) is 3.16. The van der Waals surface area contributed by atoms with Crippen LogP contribution in [0.4, 0.5) is 10.5 Å². The molecule has 0 aliphatic carbocycles. The van der Waals surface area contributed by atoms with Gasteiger partial charge in [-0.25, -0.2) is 0 Å². The van der Waals surface area contributed by atoms with E-state index < -0.39 is 23.7 Å². The molecule has 3 amide bonds. The van der Waals surface area contributed by atoms with Crippen molar-refractivity contribution in [2.75, 3.05) is 31.7 Å². The van der Waals surface area contributed by atoms with Gasteiger partial charge in [0.15, 0.2) is 18.1 Å². The summed E-state index contributed by atoms with van der Waals surface area (Å²) in [7, 11) is 0. The minimum Gasteiger partial charge on any atom is -0.490 e. The van der Waals surface area contributed by atoms with Gasteiger partial charge in [-0.1, -0.05) is 51.5 Å². The number of ether oxygens (including phenoxy) is 3. The van der Waals surface area contributed by atoms with Crippen molar-refractivity contribution < 1.29 is 33.4 Å². The van der Waals surface area contributed by atoms with E-state index in [9.17, 15) is 19.2 Å². The number of carbonyl (C=O) groups is 4. The van der Waals surface area contributed by atoms with E-state index in [0.29, 0.717) is 30.1 Å². The van der Waals surface area contributed by atoms with E-state index in [2.05, 4.69) is 19.2 Å². The summed E-state index contributed by atoms with van der Waals surface area (Å²) in [5.41, 5.74) is 2.37. The van der Waals surface area contributed by atoms with E-state index in [1.807, 2.05) is 38.1 Å². The minimum atomic E-state index is -0.621. The van der Waals surface area contributed by atoms with Gasteiger partial charge >= 0.3 is 5.97 Å². The summed E-state index contributed by atoms with van der Waals surface area (Å²) < 4.78 is 16.5. The van der Waals surface area contributed by atoms with Crippen molar-refractivity contribution in [1.29, 1.82) is 0 Å². The normalized spacial score (nSPS) is 14.2. The fourth-order valence-corrected chi connectivity index (χ4v) is 4.58. The second kappa shape index (κ2) is 14.4. The van der Waals surface area contributed by atoms with Gasteiger partial charge in [-0.3, -0.25) is 24.1 Å². The number of benzene rings is 2. The number of amides is 3. The van der Waals surface area contributed by atoms with Gasteiger partial charge in [-0.15, -0.1) is 0 Å². The SMILES string of the molecule is CCCCOC(=O)CN1C(=O)S/C(=C/c2ccc(OCC(=O)Nc3ccccc3C(C)C)c(OCC)c2)C1=O. The zero-order valence-electron chi connectivity index (χ0n) is 22.7. The second-order valence-electron chi connectivity index (χ2n) is 9.06. The summed E-state index contributed by atoms with van der Waals surface area (Å²) in [4.78, 5) is 50.7. The Morgan fingerprint density at radius 3 is 2.54 bits per heavy atom. The van der Waals surface area contributed by atoms with Crippen molar-refractivity contribution in [1.82, 2.24) is 4.90 Å². The predicted octanol–water partition coefficient (Wildman–Crippen LogP) is 5.61. The number of carbonyl (C=O) groups excluding carboxylic acids is 4. The highest BCUT2D eigenvalue weighted by molar-refractivity contribution is 8.18. The first-order valence-electron chi connectivity index (χ1n) is 12.9. The fourth-order valence-electron chi connectivity index (χ4n) is 3.74. The lowest BCUT2D eigenvalue weighted by Gasteiger charge is -2.15. The molecule has 0 atom stereocenters. The number of imide groups is 1. The maximum atomic E-state index is 12.8. The van der Waals surface area contributed by atoms with Crippen molar-refractivity contribution in [2.24, 2.45) is 0 Å². The number of unbranched alkanes of at least 4 members (excludes halogenated alkanes) is 1. The van der Waals surface area contributed by atoms with Gasteiger partial charge in [-0.2, -0.15) is 0 Å². The molecule has 39 heavy (non-hydrogen) atoms. The molecule has 0 saturated carbocycles. The quantitative estimate of drug-likeness (QED) is 0.193. The molecule has 0 radical (unpaired) electrons. The van der Waals surface area contributed by atoms with Gasteiger partial charge in [0.05, 0.1) is 18.1 Å². The van der Waals surface area contributed by atoms with E-state index in [-0.39, 0.29) is 29.9 Å². The lowest BCUT2D eigenvalue weighted by molar-refractivity contribution is -0.146. The molecule has 2 aromatic rings. The summed E-state index contributed by atoms with van der Waals surface area (Å²) in [6, 6.07) is 12.6. The minimum absolute atomic E-state index is 0.181. The molecule has 0 aromatic heterocycles. The third-order valence-corrected chi connectivity index (χ3v) is 6.61. The van der Waals surface area contributed by atoms with Crippen LogP contribution in [0.3, 0.4) is 0 Å². The molecule has 2 aromatic carbocycles. The second-order valence-corrected chi connectivity index (χ2v) is 10.1. The highest BCUT2D eigenvalue weighted by Crippen LogP contribution is 2.35. The van der Waals surface area contributed by atoms with Gasteiger partial charge in [0.1, 0.15) is 6.54 Å². The molecular weight excluding hydrogens is 520 g/mol. The highest BCUT2D eigenvalue weighted by Gasteiger charge is 2.36. The maximum Gasteiger partial charge on any atom is 0.326 e. The van der Waals surface area contributed by atoms with Crippen molar-refractivity contribution >= 4 is 46.5 Å². The fraction of sp³-hybridized carbons (Fsp3) is 0.379. The van der Waals surface area contributed by atoms with Crippen LogP contribution in [0.15, 0.2) is 47.4 Å². The largest absolute Gasteiger partial charge is 0.490 e. The van der Waals surface area contributed by atoms with Crippen LogP contribution < -0.4 is 14.8 Å². The Labute approximate surface area is 232 Å². The zero-order chi connectivity index (χ0) is 28.4. The van der Waals surface area contributed by atoms with Crippen molar-refractivity contribution in [3.05, 3.63) is 58.5 Å². The van der Waals surface area contributed by atoms with Gasteiger partial charge in [-0.05, 0) is 66.4 Å². The summed E-state index contributed by atoms with van der Waals surface area (Å²) in [6.07, 6.45) is 3.13. The Balaban J connectivity index is 1.67. The van der Waals surface area contributed by atoms with Crippen LogP contribution in [0.2, 0.25) is 0 Å². The van der Waals surface area contributed by atoms with Gasteiger partial charge in [0.25, 0.3) is 17.1 Å². The molecule has 208 valence electrons. The molecule has 3 rings (SSSR count). The predicted molar refractivity (Wildman–Crippen MR) is 151 cm³/mol. The summed E-state index contributed by atoms with van der Waals surface area (Å²) in [5, 5.41) is 2.36. The summed E-state index contributed by atoms with van der Waals surface area (Å²) in [5.74, 6) is -0.486. The number of hydrogen-bond acceptors (Lipinski definition) is 8. The van der Waals surface area contributed by atoms with Crippen LogP contribution in [0.5, 0.6) is 11.5 Å². The van der Waals surface area contributed by atoms with Crippen LogP contribution >= 0.6 is 11.8 Å². The smallest absolute Gasteiger partial charge is 0.326 e. The molecule has 0 spiro atoms. The number of nitrogens with zero attached hydrogens (tertiary/aromatic N) is 1. The molecule has 1 heterocycles. The number of nitrogens with one attached hydrogen (secondary N) is 1. The number of esters is 1. The molecule has 1 aliphatic heterocycles. The Hall–Kier alpha value is -3.79. The molecular formula is C29H34N2O7S. The molecule has 9 nitrogen and oxygen atoms in total. The van der Waals surface area contributed by atoms with E-state index in [4.69, 9.17) is 14.2 Å². The number of hydrogen-bond donors (Lipinski definition) is 1. The summed E-state index contributed by atoms with van der Waals surface area (Å²) >= 11 is 0.754. The number of anilines is 1. The monoisotopic (exact) mass is 554 g/mol. The van der Waals surface area contributed by atoms with Gasteiger partial charge in [0, 0.05) is 5.69 Å². The van der Waals surface area contributed by atoms with E-state index in [0.717, 1.165) is 34.3 Å². The van der Waals surface area contributed by atoms with E-state index >= 15 is 0 Å². The van der Waals surface area contributed by atoms with Crippen LogP contribution in [0.1, 0.15) is 57.6 Å². The maximum absolute atomic E-state index is 12.8. The van der Waals surface area contributed by atoms with Crippen LogP contribution in [-0.4, -0.2) is 54.3 Å². The Morgan fingerprint density at radius 1 is 1.05 bits per heavy atom. The lowest BCUT2D eigenvalue weighted by Crippen LogP contribution is -2.34. The molecule has 0 bridgehead atoms. The first kappa shape index (κ1) is 29.8. The molecule has 1 saturated heterocycles.